The standard InChI is InChI=1S/C15H15Cl2N3O/c1-10-4-3-5-14(18-10)20(2)9-15(21)19-11-6-7-12(16)13(17)8-11/h3-8H,9H2,1-2H3,(H,19,21). The summed E-state index contributed by atoms with van der Waals surface area (Å²) in [5.41, 5.74) is 1.52. The van der Waals surface area contributed by atoms with Gasteiger partial charge in [-0.15, -0.1) is 0 Å². The minimum Gasteiger partial charge on any atom is -0.350 e. The average molecular weight is 324 g/mol. The van der Waals surface area contributed by atoms with Crippen LogP contribution < -0.4 is 10.2 Å². The van der Waals surface area contributed by atoms with Crippen molar-refractivity contribution in [2.75, 3.05) is 23.8 Å². The number of hydrogen-bond donors (Lipinski definition) is 1. The monoisotopic (exact) mass is 323 g/mol. The first-order chi connectivity index (χ1) is 9.95. The Labute approximate surface area is 133 Å². The number of carbonyl (C=O) groups excluding carboxylic acids is 1. The number of benzene rings is 1. The summed E-state index contributed by atoms with van der Waals surface area (Å²) in [5, 5.41) is 3.63. The van der Waals surface area contributed by atoms with Crippen LogP contribution in [0.3, 0.4) is 0 Å². The average Bonchev–Trinajstić information content (AvgIpc) is 2.43. The van der Waals surface area contributed by atoms with Crippen molar-refractivity contribution >= 4 is 40.6 Å². The van der Waals surface area contributed by atoms with Gasteiger partial charge in [0.05, 0.1) is 16.6 Å². The van der Waals surface area contributed by atoms with Crippen molar-refractivity contribution in [3.63, 3.8) is 0 Å². The summed E-state index contributed by atoms with van der Waals surface area (Å²) in [6.45, 7) is 2.10. The Balaban J connectivity index is 1.99. The van der Waals surface area contributed by atoms with Crippen molar-refractivity contribution in [2.24, 2.45) is 0 Å². The molecule has 2 rings (SSSR count). The molecule has 0 unspecified atom stereocenters. The number of halogens is 2. The molecule has 21 heavy (non-hydrogen) atoms. The molecule has 0 fully saturated rings. The molecule has 0 radical (unpaired) electrons. The van der Waals surface area contributed by atoms with E-state index in [9.17, 15) is 4.79 Å². The topological polar surface area (TPSA) is 45.2 Å². The molecule has 4 nitrogen and oxygen atoms in total. The number of nitrogens with one attached hydrogen (secondary N) is 1. The zero-order valence-corrected chi connectivity index (χ0v) is 13.2. The van der Waals surface area contributed by atoms with Gasteiger partial charge in [-0.2, -0.15) is 0 Å². The minimum atomic E-state index is -0.154. The number of pyridine rings is 1. The summed E-state index contributed by atoms with van der Waals surface area (Å²) in [6, 6.07) is 10.6. The Bertz CT molecular complexity index is 661. The molecule has 0 aliphatic rings. The molecule has 1 amide bonds. The Hall–Kier alpha value is -1.78. The van der Waals surface area contributed by atoms with E-state index in [1.54, 1.807) is 23.1 Å². The molecular weight excluding hydrogens is 309 g/mol. The molecule has 1 heterocycles. The summed E-state index contributed by atoms with van der Waals surface area (Å²) in [6.07, 6.45) is 0. The van der Waals surface area contributed by atoms with E-state index in [0.29, 0.717) is 15.7 Å². The van der Waals surface area contributed by atoms with Gasteiger partial charge in [-0.05, 0) is 37.3 Å². The van der Waals surface area contributed by atoms with Gasteiger partial charge in [0.2, 0.25) is 5.91 Å². The van der Waals surface area contributed by atoms with Crippen LogP contribution in [-0.2, 0) is 4.79 Å². The van der Waals surface area contributed by atoms with Gasteiger partial charge >= 0.3 is 0 Å². The molecule has 0 spiro atoms. The molecule has 0 atom stereocenters. The van der Waals surface area contributed by atoms with Gasteiger partial charge in [-0.3, -0.25) is 4.79 Å². The smallest absolute Gasteiger partial charge is 0.243 e. The van der Waals surface area contributed by atoms with Crippen LogP contribution in [0, 0.1) is 6.92 Å². The molecule has 1 N–H and O–H groups in total. The maximum absolute atomic E-state index is 12.0. The lowest BCUT2D eigenvalue weighted by atomic mass is 10.3. The summed E-state index contributed by atoms with van der Waals surface area (Å²) < 4.78 is 0. The Morgan fingerprint density at radius 1 is 1.24 bits per heavy atom. The number of aryl methyl sites for hydroxylation is 1. The second-order valence-electron chi connectivity index (χ2n) is 4.67. The molecule has 0 saturated carbocycles. The third-order valence-electron chi connectivity index (χ3n) is 2.85. The Kier molecular flexibility index (Phi) is 5.04. The normalized spacial score (nSPS) is 10.3. The summed E-state index contributed by atoms with van der Waals surface area (Å²) in [5.74, 6) is 0.596. The first kappa shape index (κ1) is 15.6. The van der Waals surface area contributed by atoms with Crippen molar-refractivity contribution in [1.82, 2.24) is 4.98 Å². The lowest BCUT2D eigenvalue weighted by molar-refractivity contribution is -0.114. The van der Waals surface area contributed by atoms with Crippen molar-refractivity contribution in [3.05, 3.63) is 52.1 Å². The molecule has 2 aromatic rings. The predicted octanol–water partition coefficient (Wildman–Crippen LogP) is 3.77. The number of anilines is 2. The van der Waals surface area contributed by atoms with E-state index in [-0.39, 0.29) is 12.5 Å². The van der Waals surface area contributed by atoms with E-state index in [1.807, 2.05) is 32.2 Å². The highest BCUT2D eigenvalue weighted by atomic mass is 35.5. The highest BCUT2D eigenvalue weighted by molar-refractivity contribution is 6.42. The molecule has 0 saturated heterocycles. The predicted molar refractivity (Wildman–Crippen MR) is 87.3 cm³/mol. The number of nitrogens with zero attached hydrogens (tertiary/aromatic N) is 2. The zero-order valence-electron chi connectivity index (χ0n) is 11.7. The second-order valence-corrected chi connectivity index (χ2v) is 5.48. The molecule has 0 bridgehead atoms. The van der Waals surface area contributed by atoms with Crippen LogP contribution in [0.4, 0.5) is 11.5 Å². The number of rotatable bonds is 4. The van der Waals surface area contributed by atoms with Crippen molar-refractivity contribution < 1.29 is 4.79 Å². The molecule has 6 heteroatoms. The van der Waals surface area contributed by atoms with Crippen LogP contribution in [-0.4, -0.2) is 24.5 Å². The van der Waals surface area contributed by atoms with Gasteiger partial charge in [0.1, 0.15) is 5.82 Å². The van der Waals surface area contributed by atoms with E-state index < -0.39 is 0 Å². The Morgan fingerprint density at radius 2 is 2.00 bits per heavy atom. The SMILES string of the molecule is Cc1cccc(N(C)CC(=O)Nc2ccc(Cl)c(Cl)c2)n1. The number of aromatic nitrogens is 1. The van der Waals surface area contributed by atoms with E-state index in [1.165, 1.54) is 0 Å². The van der Waals surface area contributed by atoms with Gasteiger partial charge < -0.3 is 10.2 Å². The van der Waals surface area contributed by atoms with Gasteiger partial charge in [-0.25, -0.2) is 4.98 Å². The van der Waals surface area contributed by atoms with Gasteiger partial charge in [0.25, 0.3) is 0 Å². The van der Waals surface area contributed by atoms with Crippen LogP contribution in [0.15, 0.2) is 36.4 Å². The molecule has 110 valence electrons. The molecular formula is C15H15Cl2N3O. The van der Waals surface area contributed by atoms with Crippen LogP contribution in [0.25, 0.3) is 0 Å². The number of carbonyl (C=O) groups is 1. The fraction of sp³-hybridized carbons (Fsp3) is 0.200. The van der Waals surface area contributed by atoms with Gasteiger partial charge in [0.15, 0.2) is 0 Å². The molecule has 0 aliphatic heterocycles. The van der Waals surface area contributed by atoms with Crippen molar-refractivity contribution in [1.29, 1.82) is 0 Å². The number of amides is 1. The molecule has 0 aliphatic carbocycles. The van der Waals surface area contributed by atoms with E-state index in [0.717, 1.165) is 11.5 Å². The third-order valence-corrected chi connectivity index (χ3v) is 3.59. The van der Waals surface area contributed by atoms with Crippen LogP contribution in [0.2, 0.25) is 10.0 Å². The number of likely N-dealkylation sites (N-methyl/N-ethyl adjacent to an activating group) is 1. The fourth-order valence-electron chi connectivity index (χ4n) is 1.81. The van der Waals surface area contributed by atoms with E-state index in [2.05, 4.69) is 10.3 Å². The van der Waals surface area contributed by atoms with Gasteiger partial charge in [-0.1, -0.05) is 29.3 Å². The van der Waals surface area contributed by atoms with Crippen LogP contribution in [0.1, 0.15) is 5.69 Å². The second kappa shape index (κ2) is 6.78. The lowest BCUT2D eigenvalue weighted by Crippen LogP contribution is -2.30. The van der Waals surface area contributed by atoms with E-state index in [4.69, 9.17) is 23.2 Å². The fourth-order valence-corrected chi connectivity index (χ4v) is 2.11. The lowest BCUT2D eigenvalue weighted by Gasteiger charge is -2.18. The maximum Gasteiger partial charge on any atom is 0.243 e. The Morgan fingerprint density at radius 3 is 2.67 bits per heavy atom. The molecule has 1 aromatic carbocycles. The molecule has 1 aromatic heterocycles. The highest BCUT2D eigenvalue weighted by Gasteiger charge is 2.09. The first-order valence-electron chi connectivity index (χ1n) is 6.35. The third kappa shape index (κ3) is 4.34. The summed E-state index contributed by atoms with van der Waals surface area (Å²) in [7, 11) is 1.82. The highest BCUT2D eigenvalue weighted by Crippen LogP contribution is 2.25. The first-order valence-corrected chi connectivity index (χ1v) is 7.11. The zero-order chi connectivity index (χ0) is 15.4. The van der Waals surface area contributed by atoms with Crippen LogP contribution in [0.5, 0.6) is 0 Å². The maximum atomic E-state index is 12.0. The quantitative estimate of drug-likeness (QED) is 0.931. The summed E-state index contributed by atoms with van der Waals surface area (Å²) in [4.78, 5) is 18.2. The minimum absolute atomic E-state index is 0.154. The van der Waals surface area contributed by atoms with Gasteiger partial charge in [0, 0.05) is 18.4 Å². The summed E-state index contributed by atoms with van der Waals surface area (Å²) >= 11 is 11.7. The van der Waals surface area contributed by atoms with E-state index >= 15 is 0 Å². The largest absolute Gasteiger partial charge is 0.350 e. The van der Waals surface area contributed by atoms with Crippen molar-refractivity contribution in [2.45, 2.75) is 6.92 Å². The van der Waals surface area contributed by atoms with Crippen LogP contribution >= 0.6 is 23.2 Å². The van der Waals surface area contributed by atoms with Crippen molar-refractivity contribution in [3.8, 4) is 0 Å². The number of hydrogen-bond acceptors (Lipinski definition) is 3.